The number of hydrogen-bond donors (Lipinski definition) is 1. The van der Waals surface area contributed by atoms with E-state index in [4.69, 9.17) is 0 Å². The first-order valence-corrected chi connectivity index (χ1v) is 4.77. The second kappa shape index (κ2) is 2.76. The molecule has 1 saturated carbocycles. The third-order valence-corrected chi connectivity index (χ3v) is 2.87. The van der Waals surface area contributed by atoms with Crippen LogP contribution in [0.25, 0.3) is 0 Å². The first-order chi connectivity index (χ1) is 5.29. The van der Waals surface area contributed by atoms with Crippen LogP contribution in [0, 0.1) is 0 Å². The van der Waals surface area contributed by atoms with Gasteiger partial charge in [-0.25, -0.2) is 0 Å². The van der Waals surface area contributed by atoms with Gasteiger partial charge in [-0.05, 0) is 26.7 Å². The van der Waals surface area contributed by atoms with E-state index in [0.29, 0.717) is 0 Å². The molecule has 2 rings (SSSR count). The molecule has 0 aromatic carbocycles. The Morgan fingerprint density at radius 1 is 1.09 bits per heavy atom. The molecule has 2 aliphatic rings. The van der Waals surface area contributed by atoms with Crippen molar-refractivity contribution in [3.05, 3.63) is 0 Å². The molecular formula is C9H18N2. The maximum Gasteiger partial charge on any atom is 0.0198 e. The molecule has 0 amide bonds. The SMILES string of the molecule is CC1CNCC(C)N1C1CC1. The van der Waals surface area contributed by atoms with Gasteiger partial charge in [0.15, 0.2) is 0 Å². The Bertz CT molecular complexity index is 132. The molecule has 2 fully saturated rings. The van der Waals surface area contributed by atoms with E-state index >= 15 is 0 Å². The van der Waals surface area contributed by atoms with Crippen molar-refractivity contribution in [3.8, 4) is 0 Å². The van der Waals surface area contributed by atoms with Gasteiger partial charge in [0, 0.05) is 31.2 Å². The second-order valence-corrected chi connectivity index (χ2v) is 4.03. The molecular weight excluding hydrogens is 136 g/mol. The molecule has 1 heterocycles. The molecule has 1 N–H and O–H groups in total. The van der Waals surface area contributed by atoms with Gasteiger partial charge in [-0.2, -0.15) is 0 Å². The first-order valence-electron chi connectivity index (χ1n) is 4.77. The fourth-order valence-corrected chi connectivity index (χ4v) is 2.24. The van der Waals surface area contributed by atoms with Crippen LogP contribution in [0.3, 0.4) is 0 Å². The molecule has 2 unspecified atom stereocenters. The number of nitrogens with zero attached hydrogens (tertiary/aromatic N) is 1. The van der Waals surface area contributed by atoms with Crippen LogP contribution in [0.5, 0.6) is 0 Å². The van der Waals surface area contributed by atoms with Gasteiger partial charge >= 0.3 is 0 Å². The molecule has 1 saturated heterocycles. The van der Waals surface area contributed by atoms with Crippen LogP contribution in [0.15, 0.2) is 0 Å². The molecule has 0 aromatic rings. The highest BCUT2D eigenvalue weighted by molar-refractivity contribution is 4.93. The van der Waals surface area contributed by atoms with E-state index in [1.807, 2.05) is 0 Å². The fraction of sp³-hybridized carbons (Fsp3) is 1.00. The number of rotatable bonds is 1. The van der Waals surface area contributed by atoms with E-state index in [1.165, 1.54) is 25.9 Å². The van der Waals surface area contributed by atoms with Gasteiger partial charge in [0.2, 0.25) is 0 Å². The van der Waals surface area contributed by atoms with E-state index in [1.54, 1.807) is 0 Å². The summed E-state index contributed by atoms with van der Waals surface area (Å²) in [5.41, 5.74) is 0. The molecule has 1 aliphatic carbocycles. The van der Waals surface area contributed by atoms with Gasteiger partial charge in [0.25, 0.3) is 0 Å². The zero-order chi connectivity index (χ0) is 7.84. The highest BCUT2D eigenvalue weighted by atomic mass is 15.3. The Morgan fingerprint density at radius 3 is 2.09 bits per heavy atom. The maximum atomic E-state index is 3.46. The van der Waals surface area contributed by atoms with Gasteiger partial charge in [-0.3, -0.25) is 4.90 Å². The average Bonchev–Trinajstić information content (AvgIpc) is 2.70. The molecule has 0 aromatic heterocycles. The van der Waals surface area contributed by atoms with Crippen LogP contribution in [-0.2, 0) is 0 Å². The summed E-state index contributed by atoms with van der Waals surface area (Å²) in [5, 5.41) is 3.46. The Balaban J connectivity index is 1.99. The minimum Gasteiger partial charge on any atom is -0.314 e. The van der Waals surface area contributed by atoms with Crippen molar-refractivity contribution < 1.29 is 0 Å². The minimum absolute atomic E-state index is 0.756. The van der Waals surface area contributed by atoms with E-state index in [2.05, 4.69) is 24.1 Å². The summed E-state index contributed by atoms with van der Waals surface area (Å²) >= 11 is 0. The third kappa shape index (κ3) is 1.42. The summed E-state index contributed by atoms with van der Waals surface area (Å²) in [5.74, 6) is 0. The Kier molecular flexibility index (Phi) is 1.90. The average molecular weight is 154 g/mol. The highest BCUT2D eigenvalue weighted by Crippen LogP contribution is 2.31. The van der Waals surface area contributed by atoms with Crippen molar-refractivity contribution in [2.24, 2.45) is 0 Å². The third-order valence-electron chi connectivity index (χ3n) is 2.87. The highest BCUT2D eigenvalue weighted by Gasteiger charge is 2.36. The van der Waals surface area contributed by atoms with Crippen molar-refractivity contribution in [2.45, 2.75) is 44.8 Å². The Hall–Kier alpha value is -0.0800. The van der Waals surface area contributed by atoms with Crippen molar-refractivity contribution in [2.75, 3.05) is 13.1 Å². The van der Waals surface area contributed by atoms with Gasteiger partial charge in [-0.1, -0.05) is 0 Å². The summed E-state index contributed by atoms with van der Waals surface area (Å²) in [7, 11) is 0. The number of piperazine rings is 1. The van der Waals surface area contributed by atoms with Crippen molar-refractivity contribution in [3.63, 3.8) is 0 Å². The summed E-state index contributed by atoms with van der Waals surface area (Å²) in [6, 6.07) is 2.44. The van der Waals surface area contributed by atoms with Gasteiger partial charge < -0.3 is 5.32 Å². The quantitative estimate of drug-likeness (QED) is 0.602. The van der Waals surface area contributed by atoms with Crippen molar-refractivity contribution in [1.29, 1.82) is 0 Å². The van der Waals surface area contributed by atoms with Crippen molar-refractivity contribution >= 4 is 0 Å². The van der Waals surface area contributed by atoms with Gasteiger partial charge in [-0.15, -0.1) is 0 Å². The molecule has 0 bridgehead atoms. The Morgan fingerprint density at radius 2 is 1.64 bits per heavy atom. The predicted octanol–water partition coefficient (Wildman–Crippen LogP) is 0.831. The zero-order valence-corrected chi connectivity index (χ0v) is 7.51. The van der Waals surface area contributed by atoms with Crippen LogP contribution >= 0.6 is 0 Å². The van der Waals surface area contributed by atoms with Gasteiger partial charge in [0.1, 0.15) is 0 Å². The molecule has 0 radical (unpaired) electrons. The van der Waals surface area contributed by atoms with E-state index in [-0.39, 0.29) is 0 Å². The lowest BCUT2D eigenvalue weighted by molar-refractivity contribution is 0.108. The maximum absolute atomic E-state index is 3.46. The summed E-state index contributed by atoms with van der Waals surface area (Å²) in [6.07, 6.45) is 2.88. The molecule has 1 aliphatic heterocycles. The Labute approximate surface area is 69.0 Å². The van der Waals surface area contributed by atoms with Crippen LogP contribution in [-0.4, -0.2) is 36.1 Å². The summed E-state index contributed by atoms with van der Waals surface area (Å²) in [4.78, 5) is 2.69. The van der Waals surface area contributed by atoms with E-state index < -0.39 is 0 Å². The number of hydrogen-bond acceptors (Lipinski definition) is 2. The molecule has 64 valence electrons. The molecule has 0 spiro atoms. The lowest BCUT2D eigenvalue weighted by Gasteiger charge is -2.39. The molecule has 11 heavy (non-hydrogen) atoms. The lowest BCUT2D eigenvalue weighted by Crippen LogP contribution is -2.55. The minimum atomic E-state index is 0.756. The van der Waals surface area contributed by atoms with Crippen LogP contribution < -0.4 is 5.32 Å². The molecule has 2 heteroatoms. The van der Waals surface area contributed by atoms with Crippen molar-refractivity contribution in [1.82, 2.24) is 10.2 Å². The monoisotopic (exact) mass is 154 g/mol. The summed E-state index contributed by atoms with van der Waals surface area (Å²) in [6.45, 7) is 7.03. The summed E-state index contributed by atoms with van der Waals surface area (Å²) < 4.78 is 0. The normalized spacial score (nSPS) is 40.9. The lowest BCUT2D eigenvalue weighted by atomic mass is 10.1. The standard InChI is InChI=1S/C9H18N2/c1-7-5-10-6-8(2)11(7)9-3-4-9/h7-10H,3-6H2,1-2H3. The van der Waals surface area contributed by atoms with Crippen LogP contribution in [0.4, 0.5) is 0 Å². The second-order valence-electron chi connectivity index (χ2n) is 4.03. The number of nitrogens with one attached hydrogen (secondary N) is 1. The van der Waals surface area contributed by atoms with Gasteiger partial charge in [0.05, 0.1) is 0 Å². The first kappa shape index (κ1) is 7.56. The fourth-order valence-electron chi connectivity index (χ4n) is 2.24. The zero-order valence-electron chi connectivity index (χ0n) is 7.51. The largest absolute Gasteiger partial charge is 0.314 e. The predicted molar refractivity (Wildman–Crippen MR) is 46.7 cm³/mol. The topological polar surface area (TPSA) is 15.3 Å². The molecule has 2 atom stereocenters. The van der Waals surface area contributed by atoms with E-state index in [0.717, 1.165) is 18.1 Å². The smallest absolute Gasteiger partial charge is 0.0198 e. The molecule has 2 nitrogen and oxygen atoms in total. The van der Waals surface area contributed by atoms with Crippen LogP contribution in [0.1, 0.15) is 26.7 Å². The van der Waals surface area contributed by atoms with E-state index in [9.17, 15) is 0 Å². The van der Waals surface area contributed by atoms with Crippen LogP contribution in [0.2, 0.25) is 0 Å².